The van der Waals surface area contributed by atoms with Gasteiger partial charge in [0.2, 0.25) is 0 Å². The van der Waals surface area contributed by atoms with Crippen molar-refractivity contribution >= 4 is 5.71 Å². The zero-order chi connectivity index (χ0) is 34.8. The number of phenols is 1. The van der Waals surface area contributed by atoms with Crippen LogP contribution < -0.4 is 15.4 Å². The predicted octanol–water partition coefficient (Wildman–Crippen LogP) is 5.57. The van der Waals surface area contributed by atoms with E-state index in [9.17, 15) is 20.4 Å². The Kier molecular flexibility index (Phi) is 14.2. The van der Waals surface area contributed by atoms with Gasteiger partial charge in [-0.15, -0.1) is 4.99 Å². The molecule has 49 heavy (non-hydrogen) atoms. The third-order valence-corrected chi connectivity index (χ3v) is 10.9. The number of benzene rings is 1. The fraction of sp³-hybridized carbons (Fsp3) is 0.675. The van der Waals surface area contributed by atoms with Crippen molar-refractivity contribution in [3.05, 3.63) is 59.2 Å². The summed E-state index contributed by atoms with van der Waals surface area (Å²) in [5.74, 6) is 3.96. The molecule has 0 amide bonds. The summed E-state index contributed by atoms with van der Waals surface area (Å²) < 4.78 is 12.5. The molecule has 6 N–H and O–H groups in total. The fourth-order valence-corrected chi connectivity index (χ4v) is 8.44. The highest BCUT2D eigenvalue weighted by molar-refractivity contribution is 6.04. The Labute approximate surface area is 294 Å². The number of aliphatic hydroxyl groups excluding tert-OH is 3. The lowest BCUT2D eigenvalue weighted by Crippen LogP contribution is -2.44. The Morgan fingerprint density at radius 1 is 1.12 bits per heavy atom. The number of ether oxygens (including phenoxy) is 2. The second kappa shape index (κ2) is 18.5. The van der Waals surface area contributed by atoms with Crippen molar-refractivity contribution in [1.29, 1.82) is 0 Å². The van der Waals surface area contributed by atoms with Crippen LogP contribution in [0.15, 0.2) is 46.7 Å². The predicted molar refractivity (Wildman–Crippen MR) is 194 cm³/mol. The number of hydrogen-bond acceptors (Lipinski definition) is 9. The van der Waals surface area contributed by atoms with Gasteiger partial charge in [-0.3, -0.25) is 5.32 Å². The van der Waals surface area contributed by atoms with Crippen LogP contribution in [0.5, 0.6) is 11.5 Å². The summed E-state index contributed by atoms with van der Waals surface area (Å²) in [6.45, 7) is 7.86. The molecule has 0 spiro atoms. The first-order valence-corrected chi connectivity index (χ1v) is 19.1. The maximum atomic E-state index is 10.7. The molecule has 4 aliphatic rings. The number of allylic oxidation sites excluding steroid dienone is 1. The molecule has 7 atom stereocenters. The van der Waals surface area contributed by atoms with Gasteiger partial charge in [-0.1, -0.05) is 57.8 Å². The van der Waals surface area contributed by atoms with Gasteiger partial charge in [0.05, 0.1) is 18.1 Å². The number of nitrogens with one attached hydrogen (secondary N) is 2. The van der Waals surface area contributed by atoms with Crippen molar-refractivity contribution < 1.29 is 29.9 Å². The molecule has 272 valence electrons. The lowest BCUT2D eigenvalue weighted by Gasteiger charge is -2.32. The molecule has 9 nitrogen and oxygen atoms in total. The maximum absolute atomic E-state index is 10.7. The van der Waals surface area contributed by atoms with E-state index in [1.54, 1.807) is 6.07 Å². The molecule has 2 aliphatic carbocycles. The molecule has 5 rings (SSSR count). The number of unbranched alkanes of at least 4 members (excludes halogenated alkanes) is 1. The molecule has 1 aromatic carbocycles. The quantitative estimate of drug-likeness (QED) is 0.0985. The van der Waals surface area contributed by atoms with E-state index < -0.39 is 6.10 Å². The van der Waals surface area contributed by atoms with Crippen molar-refractivity contribution in [2.24, 2.45) is 22.7 Å². The minimum absolute atomic E-state index is 0.0230. The first-order valence-electron chi connectivity index (χ1n) is 19.1. The number of rotatable bonds is 20. The monoisotopic (exact) mass is 679 g/mol. The normalized spacial score (nSPS) is 25.1. The number of phenolic OH excluding ortho intramolecular Hbond substituents is 1. The van der Waals surface area contributed by atoms with E-state index in [1.807, 2.05) is 25.1 Å². The van der Waals surface area contributed by atoms with Crippen LogP contribution >= 0.6 is 0 Å². The molecular weight excluding hydrogens is 618 g/mol. The Morgan fingerprint density at radius 2 is 1.98 bits per heavy atom. The number of aliphatic imine (C=N–C) groups is 1. The lowest BCUT2D eigenvalue weighted by atomic mass is 9.74. The first-order chi connectivity index (χ1) is 23.8. The summed E-state index contributed by atoms with van der Waals surface area (Å²) in [7, 11) is 0. The van der Waals surface area contributed by atoms with Crippen LogP contribution in [0.2, 0.25) is 0 Å². The Balaban J connectivity index is 1.28. The van der Waals surface area contributed by atoms with Gasteiger partial charge < -0.3 is 35.2 Å². The van der Waals surface area contributed by atoms with E-state index >= 15 is 0 Å². The van der Waals surface area contributed by atoms with Gasteiger partial charge in [0, 0.05) is 38.3 Å². The SMILES string of the molecule is CCCCC1OC(CCc2ccc(O)c(OC[C@H](NCC)[C+]3C=C4C(=N3)CC[C@H]3CCC[C@@H]3[C@@H]4[C@H](CCCO)NC[C@H](C)O)c2)=C[C-]1CO. The summed E-state index contributed by atoms with van der Waals surface area (Å²) >= 11 is 0. The fourth-order valence-electron chi connectivity index (χ4n) is 8.44. The molecule has 2 saturated carbocycles. The van der Waals surface area contributed by atoms with Gasteiger partial charge in [-0.25, -0.2) is 0 Å². The standard InChI is InChI=1S/C40H61N3O6/c1-4-6-12-38-29(24-45)21-30(49-38)16-13-27-14-18-37(47)39(20-27)48-25-36(41-5-2)35-22-32-33(43-35)17-15-28-9-7-10-31(28)40(32)34(11-8-19-44)42-23-26(3)46/h14,18,20-22,26,28,31,34,36,38,40-42,44-47H,4-13,15-17,19,23-25H2,1-3H3/t26-,28+,31-,34-,36-,38?,40-/m0/s1. The van der Waals surface area contributed by atoms with E-state index in [2.05, 4.69) is 30.6 Å². The van der Waals surface area contributed by atoms with Gasteiger partial charge >= 0.3 is 0 Å². The molecule has 1 aromatic rings. The van der Waals surface area contributed by atoms with Crippen LogP contribution in [-0.2, 0) is 11.2 Å². The summed E-state index contributed by atoms with van der Waals surface area (Å²) in [5.41, 5.74) is 3.54. The second-order valence-corrected chi connectivity index (χ2v) is 14.5. The average Bonchev–Trinajstić information content (AvgIpc) is 3.83. The summed E-state index contributed by atoms with van der Waals surface area (Å²) in [6, 6.07) is 6.53. The number of aliphatic hydroxyl groups is 3. The second-order valence-electron chi connectivity index (χ2n) is 14.5. The van der Waals surface area contributed by atoms with Crippen molar-refractivity contribution in [3.63, 3.8) is 0 Å². The number of aryl methyl sites for hydroxylation is 1. The smallest absolute Gasteiger partial charge is 0.189 e. The number of aromatic hydroxyl groups is 1. The third-order valence-electron chi connectivity index (χ3n) is 10.9. The third kappa shape index (κ3) is 9.76. The average molecular weight is 680 g/mol. The number of likely N-dealkylation sites (N-methyl/N-ethyl adjacent to an activating group) is 1. The first kappa shape index (κ1) is 37.6. The highest BCUT2D eigenvalue weighted by atomic mass is 16.5. The maximum Gasteiger partial charge on any atom is 0.189 e. The van der Waals surface area contributed by atoms with E-state index in [0.717, 1.165) is 81.2 Å². The van der Waals surface area contributed by atoms with Crippen molar-refractivity contribution in [2.75, 3.05) is 32.9 Å². The number of fused-ring (bicyclic) bond motifs is 2. The molecule has 9 heteroatoms. The summed E-state index contributed by atoms with van der Waals surface area (Å²) in [4.78, 5) is 5.26. The van der Waals surface area contributed by atoms with Crippen LogP contribution in [0.25, 0.3) is 0 Å². The minimum atomic E-state index is -0.437. The van der Waals surface area contributed by atoms with E-state index in [4.69, 9.17) is 14.5 Å². The topological polar surface area (TPSA) is 136 Å². The Morgan fingerprint density at radius 3 is 2.73 bits per heavy atom. The molecule has 0 saturated heterocycles. The zero-order valence-electron chi connectivity index (χ0n) is 30.0. The van der Waals surface area contributed by atoms with E-state index in [-0.39, 0.29) is 43.1 Å². The minimum Gasteiger partial charge on any atom is -0.592 e. The van der Waals surface area contributed by atoms with Crippen molar-refractivity contribution in [1.82, 2.24) is 10.6 Å². The molecule has 2 heterocycles. The highest BCUT2D eigenvalue weighted by Crippen LogP contribution is 2.49. The van der Waals surface area contributed by atoms with Crippen molar-refractivity contribution in [3.8, 4) is 11.5 Å². The molecule has 0 radical (unpaired) electrons. The number of nitrogens with zero attached hydrogens (tertiary/aromatic N) is 1. The molecule has 2 aliphatic heterocycles. The van der Waals surface area contributed by atoms with E-state index in [0.29, 0.717) is 37.2 Å². The Bertz CT molecular complexity index is 1280. The number of hydrogen-bond donors (Lipinski definition) is 6. The van der Waals surface area contributed by atoms with E-state index in [1.165, 1.54) is 30.5 Å². The largest absolute Gasteiger partial charge is 0.592 e. The van der Waals surface area contributed by atoms with Crippen molar-refractivity contribution in [2.45, 2.75) is 122 Å². The van der Waals surface area contributed by atoms with Crippen LogP contribution in [0.3, 0.4) is 0 Å². The van der Waals surface area contributed by atoms with Crippen LogP contribution in [-0.4, -0.2) is 83.3 Å². The van der Waals surface area contributed by atoms with Gasteiger partial charge in [0.15, 0.2) is 23.3 Å². The highest BCUT2D eigenvalue weighted by Gasteiger charge is 2.50. The molecule has 2 fully saturated rings. The molecule has 0 bridgehead atoms. The molecule has 0 aromatic heterocycles. The molecular formula is C40H61N3O6. The van der Waals surface area contributed by atoms with Crippen LogP contribution in [0.1, 0.15) is 97.0 Å². The van der Waals surface area contributed by atoms with Crippen LogP contribution in [0, 0.1) is 29.7 Å². The van der Waals surface area contributed by atoms with Gasteiger partial charge in [0.25, 0.3) is 0 Å². The Hall–Kier alpha value is -2.69. The zero-order valence-corrected chi connectivity index (χ0v) is 30.0. The van der Waals surface area contributed by atoms with Gasteiger partial charge in [0.1, 0.15) is 18.2 Å². The van der Waals surface area contributed by atoms with Gasteiger partial charge in [-0.2, -0.15) is 12.0 Å². The van der Waals surface area contributed by atoms with Gasteiger partial charge in [-0.05, 0) is 81.5 Å². The van der Waals surface area contributed by atoms with Crippen LogP contribution in [0.4, 0.5) is 0 Å². The summed E-state index contributed by atoms with van der Waals surface area (Å²) in [5, 5.41) is 47.7. The summed E-state index contributed by atoms with van der Waals surface area (Å²) in [6.07, 6.45) is 15.8. The lowest BCUT2D eigenvalue weighted by molar-refractivity contribution is 0.123. The molecule has 1 unspecified atom stereocenters.